The highest BCUT2D eigenvalue weighted by atomic mass is 32.1. The maximum Gasteiger partial charge on any atom is 0.265 e. The Bertz CT molecular complexity index is 753. The van der Waals surface area contributed by atoms with E-state index in [0.717, 1.165) is 47.2 Å². The Hall–Kier alpha value is -1.72. The Morgan fingerprint density at radius 3 is 2.88 bits per heavy atom. The van der Waals surface area contributed by atoms with E-state index >= 15 is 0 Å². The summed E-state index contributed by atoms with van der Waals surface area (Å²) >= 11 is 1.52. The van der Waals surface area contributed by atoms with Crippen LogP contribution in [0.3, 0.4) is 0 Å². The van der Waals surface area contributed by atoms with Crippen LogP contribution in [-0.2, 0) is 0 Å². The zero-order valence-electron chi connectivity index (χ0n) is 14.8. The monoisotopic (exact) mass is 343 g/mol. The van der Waals surface area contributed by atoms with Gasteiger partial charge in [0.15, 0.2) is 0 Å². The molecule has 1 amide bonds. The van der Waals surface area contributed by atoms with Crippen molar-refractivity contribution in [3.8, 4) is 10.6 Å². The van der Waals surface area contributed by atoms with Crippen LogP contribution in [0.1, 0.15) is 32.9 Å². The van der Waals surface area contributed by atoms with Gasteiger partial charge in [0.25, 0.3) is 5.91 Å². The lowest BCUT2D eigenvalue weighted by atomic mass is 10.1. The van der Waals surface area contributed by atoms with E-state index in [4.69, 9.17) is 0 Å². The summed E-state index contributed by atoms with van der Waals surface area (Å²) in [6, 6.07) is 6.37. The summed E-state index contributed by atoms with van der Waals surface area (Å²) in [6.07, 6.45) is 1.08. The lowest BCUT2D eigenvalue weighted by Crippen LogP contribution is -2.30. The summed E-state index contributed by atoms with van der Waals surface area (Å²) in [4.78, 5) is 20.3. The van der Waals surface area contributed by atoms with Crippen molar-refractivity contribution in [1.29, 1.82) is 0 Å². The average molecular weight is 343 g/mol. The fourth-order valence-electron chi connectivity index (χ4n) is 3.38. The molecule has 2 heterocycles. The molecule has 24 heavy (non-hydrogen) atoms. The van der Waals surface area contributed by atoms with Gasteiger partial charge in [-0.15, -0.1) is 11.3 Å². The number of nitrogens with one attached hydrogen (secondary N) is 1. The summed E-state index contributed by atoms with van der Waals surface area (Å²) < 4.78 is 0. The maximum absolute atomic E-state index is 12.9. The Labute approximate surface area is 147 Å². The summed E-state index contributed by atoms with van der Waals surface area (Å²) in [5, 5.41) is 4.15. The number of likely N-dealkylation sites (tertiary alicyclic amines) is 1. The van der Waals surface area contributed by atoms with E-state index in [9.17, 15) is 4.79 Å². The number of carbonyl (C=O) groups excluding carboxylic acids is 1. The van der Waals surface area contributed by atoms with Gasteiger partial charge < -0.3 is 10.2 Å². The zero-order valence-corrected chi connectivity index (χ0v) is 15.7. The standard InChI is InChI=1S/C19H25N3OS/c1-12-5-6-16(13(2)9-12)18-21-14(3)17(24-18)19(23)22-8-7-15(11-22)10-20-4/h5-6,9,15,20H,7-8,10-11H2,1-4H3. The molecule has 0 aliphatic carbocycles. The van der Waals surface area contributed by atoms with E-state index in [1.807, 2.05) is 18.9 Å². The lowest BCUT2D eigenvalue weighted by molar-refractivity contribution is 0.0791. The van der Waals surface area contributed by atoms with Crippen molar-refractivity contribution in [2.75, 3.05) is 26.7 Å². The molecule has 1 aliphatic heterocycles. The fraction of sp³-hybridized carbons (Fsp3) is 0.474. The molecular weight excluding hydrogens is 318 g/mol. The number of hydrogen-bond donors (Lipinski definition) is 1. The van der Waals surface area contributed by atoms with Crippen molar-refractivity contribution in [3.05, 3.63) is 39.9 Å². The molecule has 0 spiro atoms. The number of carbonyl (C=O) groups is 1. The molecule has 1 aromatic heterocycles. The zero-order chi connectivity index (χ0) is 17.3. The van der Waals surface area contributed by atoms with Gasteiger partial charge in [0, 0.05) is 18.7 Å². The predicted octanol–water partition coefficient (Wildman–Crippen LogP) is 3.42. The summed E-state index contributed by atoms with van der Waals surface area (Å²) in [7, 11) is 1.97. The maximum atomic E-state index is 12.9. The third-order valence-corrected chi connectivity index (χ3v) is 5.85. The number of aromatic nitrogens is 1. The molecule has 128 valence electrons. The number of amides is 1. The summed E-state index contributed by atoms with van der Waals surface area (Å²) in [6.45, 7) is 8.80. The second-order valence-corrected chi connectivity index (χ2v) is 7.71. The Morgan fingerprint density at radius 2 is 2.17 bits per heavy atom. The number of aryl methyl sites for hydroxylation is 3. The number of hydrogen-bond acceptors (Lipinski definition) is 4. The van der Waals surface area contributed by atoms with Crippen molar-refractivity contribution in [3.63, 3.8) is 0 Å². The van der Waals surface area contributed by atoms with Crippen molar-refractivity contribution in [1.82, 2.24) is 15.2 Å². The van der Waals surface area contributed by atoms with Crippen LogP contribution in [0.15, 0.2) is 18.2 Å². The van der Waals surface area contributed by atoms with Gasteiger partial charge in [-0.25, -0.2) is 4.98 Å². The number of nitrogens with zero attached hydrogens (tertiary/aromatic N) is 2. The Balaban J connectivity index is 1.83. The van der Waals surface area contributed by atoms with Crippen LogP contribution in [0.2, 0.25) is 0 Å². The molecule has 5 heteroatoms. The first-order valence-electron chi connectivity index (χ1n) is 8.48. The molecule has 1 aliphatic rings. The molecular formula is C19H25N3OS. The first kappa shape index (κ1) is 17.1. The molecule has 1 fully saturated rings. The van der Waals surface area contributed by atoms with Gasteiger partial charge in [-0.3, -0.25) is 4.79 Å². The normalized spacial score (nSPS) is 17.5. The number of thiazole rings is 1. The average Bonchev–Trinajstić information content (AvgIpc) is 3.14. The van der Waals surface area contributed by atoms with Crippen LogP contribution in [0, 0.1) is 26.7 Å². The van der Waals surface area contributed by atoms with Crippen molar-refractivity contribution in [2.45, 2.75) is 27.2 Å². The van der Waals surface area contributed by atoms with Crippen LogP contribution in [0.25, 0.3) is 10.6 Å². The van der Waals surface area contributed by atoms with Gasteiger partial charge in [0.2, 0.25) is 0 Å². The van der Waals surface area contributed by atoms with Gasteiger partial charge in [-0.05, 0) is 52.3 Å². The SMILES string of the molecule is CNCC1CCN(C(=O)c2sc(-c3ccc(C)cc3C)nc2C)C1. The highest BCUT2D eigenvalue weighted by Gasteiger charge is 2.29. The Morgan fingerprint density at radius 1 is 1.38 bits per heavy atom. The van der Waals surface area contributed by atoms with Gasteiger partial charge in [-0.2, -0.15) is 0 Å². The second-order valence-electron chi connectivity index (χ2n) is 6.72. The molecule has 1 saturated heterocycles. The van der Waals surface area contributed by atoms with Crippen LogP contribution < -0.4 is 5.32 Å². The van der Waals surface area contributed by atoms with Crippen LogP contribution >= 0.6 is 11.3 Å². The minimum absolute atomic E-state index is 0.139. The van der Waals surface area contributed by atoms with Gasteiger partial charge >= 0.3 is 0 Å². The van der Waals surface area contributed by atoms with E-state index in [0.29, 0.717) is 5.92 Å². The summed E-state index contributed by atoms with van der Waals surface area (Å²) in [5.74, 6) is 0.700. The Kier molecular flexibility index (Phi) is 5.01. The van der Waals surface area contributed by atoms with Gasteiger partial charge in [0.1, 0.15) is 9.88 Å². The largest absolute Gasteiger partial charge is 0.338 e. The summed E-state index contributed by atoms with van der Waals surface area (Å²) in [5.41, 5.74) is 4.42. The van der Waals surface area contributed by atoms with Gasteiger partial charge in [0.05, 0.1) is 5.69 Å². The second kappa shape index (κ2) is 7.03. The molecule has 1 unspecified atom stereocenters. The van der Waals surface area contributed by atoms with Gasteiger partial charge in [-0.1, -0.05) is 23.8 Å². The molecule has 0 saturated carbocycles. The molecule has 3 rings (SSSR count). The third kappa shape index (κ3) is 3.37. The molecule has 4 nitrogen and oxygen atoms in total. The van der Waals surface area contributed by atoms with Crippen molar-refractivity contribution < 1.29 is 4.79 Å². The first-order valence-corrected chi connectivity index (χ1v) is 9.30. The number of rotatable bonds is 4. The smallest absolute Gasteiger partial charge is 0.265 e. The number of benzene rings is 1. The van der Waals surface area contributed by atoms with E-state index in [2.05, 4.69) is 42.3 Å². The van der Waals surface area contributed by atoms with Crippen LogP contribution in [-0.4, -0.2) is 42.5 Å². The minimum Gasteiger partial charge on any atom is -0.338 e. The van der Waals surface area contributed by atoms with Crippen molar-refractivity contribution in [2.24, 2.45) is 5.92 Å². The van der Waals surface area contributed by atoms with E-state index < -0.39 is 0 Å². The highest BCUT2D eigenvalue weighted by Crippen LogP contribution is 2.32. The van der Waals surface area contributed by atoms with Crippen molar-refractivity contribution >= 4 is 17.2 Å². The fourth-order valence-corrected chi connectivity index (χ4v) is 4.50. The highest BCUT2D eigenvalue weighted by molar-refractivity contribution is 7.17. The third-order valence-electron chi connectivity index (χ3n) is 4.67. The van der Waals surface area contributed by atoms with Crippen LogP contribution in [0.5, 0.6) is 0 Å². The minimum atomic E-state index is 0.139. The lowest BCUT2D eigenvalue weighted by Gasteiger charge is -2.15. The molecule has 2 aromatic rings. The van der Waals surface area contributed by atoms with E-state index in [1.165, 1.54) is 22.5 Å². The molecule has 1 atom stereocenters. The first-order chi connectivity index (χ1) is 11.5. The molecule has 0 radical (unpaired) electrons. The van der Waals surface area contributed by atoms with E-state index in [1.54, 1.807) is 0 Å². The molecule has 1 N–H and O–H groups in total. The quantitative estimate of drug-likeness (QED) is 0.925. The molecule has 0 bridgehead atoms. The predicted molar refractivity (Wildman–Crippen MR) is 99.7 cm³/mol. The topological polar surface area (TPSA) is 45.2 Å². The van der Waals surface area contributed by atoms with Crippen LogP contribution in [0.4, 0.5) is 0 Å². The molecule has 1 aromatic carbocycles. The van der Waals surface area contributed by atoms with E-state index in [-0.39, 0.29) is 5.91 Å².